The molecule has 0 unspecified atom stereocenters. The highest BCUT2D eigenvalue weighted by Gasteiger charge is 2.31. The summed E-state index contributed by atoms with van der Waals surface area (Å²) in [5, 5.41) is 0.458. The monoisotopic (exact) mass is 314 g/mol. The lowest BCUT2D eigenvalue weighted by Gasteiger charge is -2.12. The third-order valence-corrected chi connectivity index (χ3v) is 3.11. The molecule has 0 saturated heterocycles. The van der Waals surface area contributed by atoms with Gasteiger partial charge in [0.15, 0.2) is 0 Å². The third kappa shape index (κ3) is 3.98. The van der Waals surface area contributed by atoms with E-state index in [1.54, 1.807) is 24.3 Å². The minimum atomic E-state index is -4.54. The fraction of sp³-hybridized carbons (Fsp3) is 0.133. The molecule has 0 radical (unpaired) electrons. The zero-order chi connectivity index (χ0) is 15.5. The third-order valence-electron chi connectivity index (χ3n) is 2.74. The Bertz CT molecular complexity index is 654. The van der Waals surface area contributed by atoms with Crippen LogP contribution in [0.5, 0.6) is 5.75 Å². The highest BCUT2D eigenvalue weighted by Crippen LogP contribution is 2.32. The average molecular weight is 315 g/mol. The van der Waals surface area contributed by atoms with Crippen LogP contribution in [0.2, 0.25) is 5.02 Å². The molecule has 0 bridgehead atoms. The molecule has 2 nitrogen and oxygen atoms in total. The minimum Gasteiger partial charge on any atom is -0.489 e. The first-order valence-corrected chi connectivity index (χ1v) is 6.31. The van der Waals surface area contributed by atoms with Crippen LogP contribution in [0, 0.1) is 0 Å². The Morgan fingerprint density at radius 1 is 1.14 bits per heavy atom. The van der Waals surface area contributed by atoms with Crippen molar-refractivity contribution in [2.24, 2.45) is 0 Å². The fourth-order valence-electron chi connectivity index (χ4n) is 1.71. The van der Waals surface area contributed by atoms with E-state index in [-0.39, 0.29) is 17.9 Å². The van der Waals surface area contributed by atoms with Crippen molar-refractivity contribution in [3.05, 3.63) is 64.2 Å². The van der Waals surface area contributed by atoms with Gasteiger partial charge < -0.3 is 4.74 Å². The van der Waals surface area contributed by atoms with E-state index in [0.29, 0.717) is 16.9 Å². The number of ether oxygens (including phenoxy) is 1. The summed E-state index contributed by atoms with van der Waals surface area (Å²) in [6, 6.07) is 9.71. The predicted octanol–water partition coefficient (Wildman–Crippen LogP) is 4.75. The highest BCUT2D eigenvalue weighted by molar-refractivity contribution is 6.31. The van der Waals surface area contributed by atoms with Crippen molar-refractivity contribution < 1.29 is 22.7 Å². The van der Waals surface area contributed by atoms with Gasteiger partial charge in [0, 0.05) is 16.1 Å². The van der Waals surface area contributed by atoms with E-state index >= 15 is 0 Å². The SMILES string of the molecule is O=Cc1cc(OCc2ccccc2Cl)cc(C(F)(F)F)c1. The summed E-state index contributed by atoms with van der Waals surface area (Å²) in [6.07, 6.45) is -4.20. The molecule has 0 aliphatic rings. The zero-order valence-corrected chi connectivity index (χ0v) is 11.4. The molecule has 0 saturated carbocycles. The smallest absolute Gasteiger partial charge is 0.416 e. The van der Waals surface area contributed by atoms with Crippen LogP contribution in [-0.4, -0.2) is 6.29 Å². The topological polar surface area (TPSA) is 26.3 Å². The molecule has 0 aliphatic heterocycles. The molecule has 21 heavy (non-hydrogen) atoms. The van der Waals surface area contributed by atoms with Crippen LogP contribution in [-0.2, 0) is 12.8 Å². The largest absolute Gasteiger partial charge is 0.489 e. The lowest BCUT2D eigenvalue weighted by atomic mass is 10.1. The van der Waals surface area contributed by atoms with Crippen molar-refractivity contribution in [1.82, 2.24) is 0 Å². The molecular formula is C15H10ClF3O2. The summed E-state index contributed by atoms with van der Waals surface area (Å²) in [4.78, 5) is 10.7. The maximum absolute atomic E-state index is 12.7. The van der Waals surface area contributed by atoms with Crippen molar-refractivity contribution in [3.63, 3.8) is 0 Å². The second kappa shape index (κ2) is 6.18. The van der Waals surface area contributed by atoms with Gasteiger partial charge >= 0.3 is 6.18 Å². The van der Waals surface area contributed by atoms with Crippen LogP contribution in [0.15, 0.2) is 42.5 Å². The van der Waals surface area contributed by atoms with Gasteiger partial charge in [-0.15, -0.1) is 0 Å². The van der Waals surface area contributed by atoms with E-state index in [9.17, 15) is 18.0 Å². The number of rotatable bonds is 4. The average Bonchev–Trinajstić information content (AvgIpc) is 2.45. The van der Waals surface area contributed by atoms with Crippen molar-refractivity contribution in [2.45, 2.75) is 12.8 Å². The van der Waals surface area contributed by atoms with Crippen molar-refractivity contribution >= 4 is 17.9 Å². The molecule has 0 spiro atoms. The number of halogens is 4. The van der Waals surface area contributed by atoms with Gasteiger partial charge in [0.2, 0.25) is 0 Å². The maximum Gasteiger partial charge on any atom is 0.416 e. The van der Waals surface area contributed by atoms with Crippen LogP contribution in [0.25, 0.3) is 0 Å². The number of aldehydes is 1. The molecule has 0 atom stereocenters. The van der Waals surface area contributed by atoms with Crippen LogP contribution >= 0.6 is 11.6 Å². The van der Waals surface area contributed by atoms with Gasteiger partial charge in [0.1, 0.15) is 18.6 Å². The molecule has 0 N–H and O–H groups in total. The Labute approximate surface area is 124 Å². The number of carbonyl (C=O) groups excluding carboxylic acids is 1. The maximum atomic E-state index is 12.7. The summed E-state index contributed by atoms with van der Waals surface area (Å²) in [5.74, 6) is -0.0353. The number of benzene rings is 2. The predicted molar refractivity (Wildman–Crippen MR) is 72.6 cm³/mol. The van der Waals surface area contributed by atoms with E-state index < -0.39 is 11.7 Å². The zero-order valence-electron chi connectivity index (χ0n) is 10.7. The lowest BCUT2D eigenvalue weighted by Crippen LogP contribution is -2.06. The first kappa shape index (κ1) is 15.4. The minimum absolute atomic E-state index is 0.0132. The fourth-order valence-corrected chi connectivity index (χ4v) is 1.90. The summed E-state index contributed by atoms with van der Waals surface area (Å²) in [7, 11) is 0. The molecule has 0 heterocycles. The van der Waals surface area contributed by atoms with Crippen molar-refractivity contribution in [3.8, 4) is 5.75 Å². The molecule has 2 aromatic carbocycles. The number of hydrogen-bond donors (Lipinski definition) is 0. The van der Waals surface area contributed by atoms with Gasteiger partial charge in [0.05, 0.1) is 5.56 Å². The molecule has 0 aromatic heterocycles. The second-order valence-corrected chi connectivity index (χ2v) is 4.69. The first-order chi connectivity index (χ1) is 9.90. The van der Waals surface area contributed by atoms with Crippen LogP contribution in [0.4, 0.5) is 13.2 Å². The normalized spacial score (nSPS) is 11.2. The van der Waals surface area contributed by atoms with Gasteiger partial charge in [-0.1, -0.05) is 29.8 Å². The summed E-state index contributed by atoms with van der Waals surface area (Å²) in [5.41, 5.74) is -0.385. The van der Waals surface area contributed by atoms with E-state index in [1.165, 1.54) is 6.07 Å². The van der Waals surface area contributed by atoms with Gasteiger partial charge in [-0.25, -0.2) is 0 Å². The Hall–Kier alpha value is -2.01. The Kier molecular flexibility index (Phi) is 4.53. The standard InChI is InChI=1S/C15H10ClF3O2/c16-14-4-2-1-3-11(14)9-21-13-6-10(8-20)5-12(7-13)15(17,18)19/h1-8H,9H2. The number of carbonyl (C=O) groups is 1. The summed E-state index contributed by atoms with van der Waals surface area (Å²) >= 11 is 5.94. The first-order valence-electron chi connectivity index (χ1n) is 5.94. The van der Waals surface area contributed by atoms with Crippen LogP contribution in [0.3, 0.4) is 0 Å². The van der Waals surface area contributed by atoms with Crippen LogP contribution < -0.4 is 4.74 Å². The van der Waals surface area contributed by atoms with Gasteiger partial charge in [-0.05, 0) is 24.3 Å². The molecule has 6 heteroatoms. The van der Waals surface area contributed by atoms with Gasteiger partial charge in [0.25, 0.3) is 0 Å². The van der Waals surface area contributed by atoms with E-state index in [1.807, 2.05) is 0 Å². The lowest BCUT2D eigenvalue weighted by molar-refractivity contribution is -0.137. The molecular weight excluding hydrogens is 305 g/mol. The molecule has 0 fully saturated rings. The Morgan fingerprint density at radius 2 is 1.86 bits per heavy atom. The van der Waals surface area contributed by atoms with Crippen LogP contribution in [0.1, 0.15) is 21.5 Å². The number of alkyl halides is 3. The Balaban J connectivity index is 2.24. The molecule has 110 valence electrons. The molecule has 0 aliphatic carbocycles. The summed E-state index contributed by atoms with van der Waals surface area (Å²) < 4.78 is 43.5. The number of hydrogen-bond acceptors (Lipinski definition) is 2. The van der Waals surface area contributed by atoms with Gasteiger partial charge in [-0.2, -0.15) is 13.2 Å². The molecule has 2 aromatic rings. The Morgan fingerprint density at radius 3 is 2.48 bits per heavy atom. The van der Waals surface area contributed by atoms with Gasteiger partial charge in [-0.3, -0.25) is 4.79 Å². The second-order valence-electron chi connectivity index (χ2n) is 4.29. The van der Waals surface area contributed by atoms with Crippen molar-refractivity contribution in [2.75, 3.05) is 0 Å². The molecule has 2 rings (SSSR count). The molecule has 0 amide bonds. The summed E-state index contributed by atoms with van der Waals surface area (Å²) in [6.45, 7) is 0.0132. The quantitative estimate of drug-likeness (QED) is 0.761. The van der Waals surface area contributed by atoms with E-state index in [0.717, 1.165) is 12.1 Å². The van der Waals surface area contributed by atoms with E-state index in [4.69, 9.17) is 16.3 Å². The highest BCUT2D eigenvalue weighted by atomic mass is 35.5. The van der Waals surface area contributed by atoms with E-state index in [2.05, 4.69) is 0 Å². The van der Waals surface area contributed by atoms with Crippen molar-refractivity contribution in [1.29, 1.82) is 0 Å².